The molecule has 1 radical (unpaired) electrons. The predicted molar refractivity (Wildman–Crippen MR) is 51.8 cm³/mol. The van der Waals surface area contributed by atoms with Crippen molar-refractivity contribution in [3.63, 3.8) is 0 Å². The van der Waals surface area contributed by atoms with Crippen LogP contribution in [-0.4, -0.2) is 56.5 Å². The number of likely N-dealkylation sites (N-methyl/N-ethyl adjacent to an activating group) is 1. The average Bonchev–Trinajstić information content (AvgIpc) is 2.17. The van der Waals surface area contributed by atoms with Crippen LogP contribution in [0.25, 0.3) is 0 Å². The van der Waals surface area contributed by atoms with Gasteiger partial charge in [-0.2, -0.15) is 0 Å². The monoisotopic (exact) mass is 184 g/mol. The van der Waals surface area contributed by atoms with Crippen molar-refractivity contribution < 1.29 is 4.79 Å². The summed E-state index contributed by atoms with van der Waals surface area (Å²) < 4.78 is 0. The highest BCUT2D eigenvalue weighted by molar-refractivity contribution is 5.89. The Kier molecular flexibility index (Phi) is 3.84. The van der Waals surface area contributed by atoms with E-state index in [1.165, 1.54) is 0 Å². The summed E-state index contributed by atoms with van der Waals surface area (Å²) in [4.78, 5) is 13.7. The summed E-state index contributed by atoms with van der Waals surface area (Å²) in [5.41, 5.74) is 0. The smallest absolute Gasteiger partial charge is 0.169 e. The van der Waals surface area contributed by atoms with Crippen LogP contribution in [0, 0.1) is 0 Å². The van der Waals surface area contributed by atoms with E-state index in [-0.39, 0.29) is 17.9 Å². The molecule has 1 saturated heterocycles. The second-order valence-electron chi connectivity index (χ2n) is 3.67. The van der Waals surface area contributed by atoms with Crippen molar-refractivity contribution >= 4 is 5.78 Å². The molecule has 0 aliphatic carbocycles. The third-order valence-electron chi connectivity index (χ3n) is 2.49. The van der Waals surface area contributed by atoms with E-state index in [4.69, 9.17) is 0 Å². The van der Waals surface area contributed by atoms with Crippen molar-refractivity contribution in [3.05, 3.63) is 0 Å². The molecule has 4 heteroatoms. The molecule has 1 N–H and O–H groups in total. The molecule has 0 aromatic rings. The number of carbonyl (C=O) groups excluding carboxylic acids is 1. The average molecular weight is 184 g/mol. The number of rotatable bonds is 3. The maximum absolute atomic E-state index is 11.8. The molecule has 4 nitrogen and oxygen atoms in total. The third-order valence-corrected chi connectivity index (χ3v) is 2.49. The van der Waals surface area contributed by atoms with E-state index in [2.05, 4.69) is 10.6 Å². The largest absolute Gasteiger partial charge is 0.313 e. The first-order chi connectivity index (χ1) is 6.13. The van der Waals surface area contributed by atoms with Gasteiger partial charge in [-0.3, -0.25) is 9.69 Å². The molecule has 0 bridgehead atoms. The van der Waals surface area contributed by atoms with Crippen molar-refractivity contribution in [2.45, 2.75) is 19.0 Å². The molecule has 1 aliphatic heterocycles. The zero-order valence-electron chi connectivity index (χ0n) is 8.58. The minimum absolute atomic E-state index is 0.0337. The van der Waals surface area contributed by atoms with E-state index >= 15 is 0 Å². The third kappa shape index (κ3) is 2.76. The Labute approximate surface area is 79.7 Å². The normalized spacial score (nSPS) is 26.0. The van der Waals surface area contributed by atoms with Crippen LogP contribution in [-0.2, 0) is 4.79 Å². The lowest BCUT2D eigenvalue weighted by Gasteiger charge is -2.27. The lowest BCUT2D eigenvalue weighted by molar-refractivity contribution is -0.125. The van der Waals surface area contributed by atoms with Gasteiger partial charge in [0.25, 0.3) is 0 Å². The zero-order chi connectivity index (χ0) is 9.84. The summed E-state index contributed by atoms with van der Waals surface area (Å²) >= 11 is 0. The number of piperazine rings is 1. The fourth-order valence-electron chi connectivity index (χ4n) is 1.33. The molecule has 75 valence electrons. The van der Waals surface area contributed by atoms with Crippen LogP contribution >= 0.6 is 0 Å². The van der Waals surface area contributed by atoms with Crippen LogP contribution in [0.3, 0.4) is 0 Å². The minimum atomic E-state index is -0.133. The van der Waals surface area contributed by atoms with Crippen LogP contribution in [0.15, 0.2) is 0 Å². The zero-order valence-corrected chi connectivity index (χ0v) is 8.58. The Balaban J connectivity index is 2.45. The van der Waals surface area contributed by atoms with Gasteiger partial charge in [0.05, 0.1) is 12.1 Å². The van der Waals surface area contributed by atoms with Gasteiger partial charge in [0.15, 0.2) is 5.78 Å². The van der Waals surface area contributed by atoms with Crippen molar-refractivity contribution in [3.8, 4) is 0 Å². The molecule has 2 atom stereocenters. The topological polar surface area (TPSA) is 46.4 Å². The summed E-state index contributed by atoms with van der Waals surface area (Å²) in [6.45, 7) is 4.29. The number of ketones is 1. The second kappa shape index (κ2) is 4.69. The highest BCUT2D eigenvalue weighted by Gasteiger charge is 2.26. The van der Waals surface area contributed by atoms with Gasteiger partial charge in [-0.25, -0.2) is 5.32 Å². The molecule has 1 unspecified atom stereocenters. The lowest BCUT2D eigenvalue weighted by Crippen LogP contribution is -2.53. The van der Waals surface area contributed by atoms with E-state index in [0.29, 0.717) is 6.54 Å². The Morgan fingerprint density at radius 1 is 1.62 bits per heavy atom. The molecule has 0 saturated carbocycles. The lowest BCUT2D eigenvalue weighted by atomic mass is 10.0. The standard InChI is InChI=1S/C9H18N3O/c1-7(12(2)3)9(13)8-6-10-4-5-11-8/h7-8,10H,4-6H2,1-3H3/t7-,8?/m0/s1. The van der Waals surface area contributed by atoms with Crippen molar-refractivity contribution in [1.82, 2.24) is 15.5 Å². The van der Waals surface area contributed by atoms with Gasteiger partial charge in [0.1, 0.15) is 0 Å². The van der Waals surface area contributed by atoms with Gasteiger partial charge in [0.2, 0.25) is 0 Å². The summed E-state index contributed by atoms with van der Waals surface area (Å²) in [7, 11) is 3.83. The van der Waals surface area contributed by atoms with Crippen molar-refractivity contribution in [2.75, 3.05) is 33.7 Å². The highest BCUT2D eigenvalue weighted by atomic mass is 16.1. The summed E-state index contributed by atoms with van der Waals surface area (Å²) in [5.74, 6) is 0.220. The van der Waals surface area contributed by atoms with E-state index in [1.54, 1.807) is 0 Å². The molecule has 0 spiro atoms. The van der Waals surface area contributed by atoms with Crippen LogP contribution in [0.5, 0.6) is 0 Å². The maximum atomic E-state index is 11.8. The van der Waals surface area contributed by atoms with Gasteiger partial charge in [-0.1, -0.05) is 0 Å². The number of nitrogens with one attached hydrogen (secondary N) is 1. The Morgan fingerprint density at radius 3 is 2.77 bits per heavy atom. The van der Waals surface area contributed by atoms with Crippen molar-refractivity contribution in [2.24, 2.45) is 0 Å². The van der Waals surface area contributed by atoms with Crippen LogP contribution < -0.4 is 10.6 Å². The highest BCUT2D eigenvalue weighted by Crippen LogP contribution is 2.00. The number of carbonyl (C=O) groups is 1. The summed E-state index contributed by atoms with van der Waals surface area (Å²) in [5, 5.41) is 7.47. The van der Waals surface area contributed by atoms with Crippen LogP contribution in [0.4, 0.5) is 0 Å². The number of nitrogens with zero attached hydrogens (tertiary/aromatic N) is 2. The molecule has 0 aromatic heterocycles. The Bertz CT molecular complexity index is 176. The van der Waals surface area contributed by atoms with Crippen LogP contribution in [0.1, 0.15) is 6.92 Å². The molecular weight excluding hydrogens is 166 g/mol. The minimum Gasteiger partial charge on any atom is -0.313 e. The van der Waals surface area contributed by atoms with Crippen molar-refractivity contribution in [1.29, 1.82) is 0 Å². The van der Waals surface area contributed by atoms with Gasteiger partial charge in [-0.15, -0.1) is 0 Å². The number of Topliss-reactive ketones (excluding diaryl/α,β-unsaturated/α-hetero) is 1. The maximum Gasteiger partial charge on any atom is 0.169 e. The van der Waals surface area contributed by atoms with Gasteiger partial charge in [0, 0.05) is 19.6 Å². The molecule has 1 rings (SSSR count). The number of hydrogen-bond acceptors (Lipinski definition) is 3. The Hall–Kier alpha value is -0.450. The molecule has 1 heterocycles. The quantitative estimate of drug-likeness (QED) is 0.617. The summed E-state index contributed by atoms with van der Waals surface area (Å²) in [6, 6.07) is -0.167. The van der Waals surface area contributed by atoms with E-state index in [9.17, 15) is 4.79 Å². The fraction of sp³-hybridized carbons (Fsp3) is 0.889. The molecule has 1 fully saturated rings. The first-order valence-electron chi connectivity index (χ1n) is 4.70. The van der Waals surface area contributed by atoms with Gasteiger partial charge < -0.3 is 5.32 Å². The molecular formula is C9H18N3O. The fourth-order valence-corrected chi connectivity index (χ4v) is 1.33. The molecule has 13 heavy (non-hydrogen) atoms. The van der Waals surface area contributed by atoms with Crippen LogP contribution in [0.2, 0.25) is 0 Å². The Morgan fingerprint density at radius 2 is 2.31 bits per heavy atom. The summed E-state index contributed by atoms with van der Waals surface area (Å²) in [6.07, 6.45) is 0. The molecule has 0 aromatic carbocycles. The number of hydrogen-bond donors (Lipinski definition) is 1. The van der Waals surface area contributed by atoms with Gasteiger partial charge >= 0.3 is 0 Å². The van der Waals surface area contributed by atoms with E-state index in [1.807, 2.05) is 25.9 Å². The molecule has 1 aliphatic rings. The predicted octanol–water partition coefficient (Wildman–Crippen LogP) is -0.918. The second-order valence-corrected chi connectivity index (χ2v) is 3.67. The first-order valence-corrected chi connectivity index (χ1v) is 4.70. The van der Waals surface area contributed by atoms with E-state index in [0.717, 1.165) is 13.1 Å². The first kappa shape index (κ1) is 10.6. The van der Waals surface area contributed by atoms with E-state index < -0.39 is 0 Å². The SMILES string of the molecule is C[C@@H](C(=O)C1CNCC[N]1)N(C)C. The molecule has 0 amide bonds. The van der Waals surface area contributed by atoms with Gasteiger partial charge in [-0.05, 0) is 21.0 Å².